The molecule has 0 spiro atoms. The van der Waals surface area contributed by atoms with Crippen molar-refractivity contribution in [2.24, 2.45) is 5.41 Å². The molecule has 1 heterocycles. The van der Waals surface area contributed by atoms with Crippen molar-refractivity contribution in [3.8, 4) is 0 Å². The van der Waals surface area contributed by atoms with Crippen LogP contribution in [-0.2, 0) is 5.41 Å². The van der Waals surface area contributed by atoms with Gasteiger partial charge in [-0.1, -0.05) is 34.6 Å². The maximum atomic E-state index is 10.8. The maximum absolute atomic E-state index is 10.8. The predicted molar refractivity (Wildman–Crippen MR) is 68.4 cm³/mol. The lowest BCUT2D eigenvalue weighted by Crippen LogP contribution is -2.23. The van der Waals surface area contributed by atoms with Gasteiger partial charge in [-0.25, -0.2) is 4.79 Å². The third-order valence-corrected chi connectivity index (χ3v) is 3.90. The van der Waals surface area contributed by atoms with Crippen LogP contribution in [0.5, 0.6) is 0 Å². The van der Waals surface area contributed by atoms with Gasteiger partial charge < -0.3 is 5.11 Å². The molecule has 1 N–H and O–H groups in total. The molecule has 0 saturated heterocycles. The smallest absolute Gasteiger partial charge is 0.345 e. The summed E-state index contributed by atoms with van der Waals surface area (Å²) in [7, 11) is 0. The van der Waals surface area contributed by atoms with Crippen molar-refractivity contribution < 1.29 is 9.90 Å². The molecule has 1 rings (SSSR count). The Kier molecular flexibility index (Phi) is 3.48. The molecule has 3 heteroatoms. The summed E-state index contributed by atoms with van der Waals surface area (Å²) in [5, 5.41) is 8.91. The molecule has 1 aromatic rings. The molecule has 16 heavy (non-hydrogen) atoms. The number of hydrogen-bond acceptors (Lipinski definition) is 2. The molecule has 0 aromatic carbocycles. The molecule has 0 amide bonds. The van der Waals surface area contributed by atoms with Crippen molar-refractivity contribution in [3.63, 3.8) is 0 Å². The molecular weight excluding hydrogens is 220 g/mol. The highest BCUT2D eigenvalue weighted by Gasteiger charge is 2.29. The Bertz CT molecular complexity index is 383. The molecule has 0 bridgehead atoms. The Labute approximate surface area is 101 Å². The number of carboxylic acids is 1. The lowest BCUT2D eigenvalue weighted by atomic mass is 9.75. The Morgan fingerprint density at radius 1 is 1.25 bits per heavy atom. The molecule has 0 saturated carbocycles. The van der Waals surface area contributed by atoms with Crippen LogP contribution in [0.15, 0.2) is 12.1 Å². The highest BCUT2D eigenvalue weighted by atomic mass is 32.1. The molecule has 2 nitrogen and oxygen atoms in total. The molecule has 0 aliphatic heterocycles. The van der Waals surface area contributed by atoms with Gasteiger partial charge in [-0.3, -0.25) is 0 Å². The van der Waals surface area contributed by atoms with Gasteiger partial charge in [0.1, 0.15) is 4.88 Å². The summed E-state index contributed by atoms with van der Waals surface area (Å²) >= 11 is 1.39. The van der Waals surface area contributed by atoms with Crippen LogP contribution in [0.25, 0.3) is 0 Å². The van der Waals surface area contributed by atoms with E-state index in [4.69, 9.17) is 5.11 Å². The van der Waals surface area contributed by atoms with Crippen LogP contribution in [0.1, 0.15) is 55.6 Å². The number of hydrogen-bond donors (Lipinski definition) is 1. The number of aromatic carboxylic acids is 1. The highest BCUT2D eigenvalue weighted by molar-refractivity contribution is 7.14. The number of rotatable bonds is 3. The van der Waals surface area contributed by atoms with E-state index in [1.807, 2.05) is 6.07 Å². The average Bonchev–Trinajstić information content (AvgIpc) is 2.46. The van der Waals surface area contributed by atoms with Crippen LogP contribution in [0.2, 0.25) is 0 Å². The van der Waals surface area contributed by atoms with E-state index in [0.29, 0.717) is 4.88 Å². The van der Waals surface area contributed by atoms with Crippen molar-refractivity contribution in [2.45, 2.75) is 46.5 Å². The van der Waals surface area contributed by atoms with Gasteiger partial charge in [0.05, 0.1) is 0 Å². The molecule has 0 unspecified atom stereocenters. The highest BCUT2D eigenvalue weighted by Crippen LogP contribution is 2.39. The summed E-state index contributed by atoms with van der Waals surface area (Å²) in [6, 6.07) is 3.65. The van der Waals surface area contributed by atoms with Crippen molar-refractivity contribution >= 4 is 17.3 Å². The molecule has 90 valence electrons. The third-order valence-electron chi connectivity index (χ3n) is 2.46. The van der Waals surface area contributed by atoms with Crippen LogP contribution in [-0.4, -0.2) is 11.1 Å². The fourth-order valence-electron chi connectivity index (χ4n) is 2.23. The van der Waals surface area contributed by atoms with Crippen molar-refractivity contribution in [3.05, 3.63) is 21.9 Å². The summed E-state index contributed by atoms with van der Waals surface area (Å²) in [6.45, 7) is 11.0. The Hall–Kier alpha value is -0.830. The fraction of sp³-hybridized carbons (Fsp3) is 0.615. The van der Waals surface area contributed by atoms with Gasteiger partial charge in [0, 0.05) is 4.88 Å². The number of carbonyl (C=O) groups is 1. The van der Waals surface area contributed by atoms with E-state index >= 15 is 0 Å². The quantitative estimate of drug-likeness (QED) is 0.861. The molecule has 0 atom stereocenters. The Morgan fingerprint density at radius 3 is 2.19 bits per heavy atom. The van der Waals surface area contributed by atoms with Crippen molar-refractivity contribution in [1.29, 1.82) is 0 Å². The largest absolute Gasteiger partial charge is 0.477 e. The van der Waals surface area contributed by atoms with Crippen LogP contribution in [0.3, 0.4) is 0 Å². The minimum atomic E-state index is -0.831. The van der Waals surface area contributed by atoms with Crippen LogP contribution < -0.4 is 0 Å². The monoisotopic (exact) mass is 240 g/mol. The van der Waals surface area contributed by atoms with Gasteiger partial charge in [-0.05, 0) is 29.4 Å². The summed E-state index contributed by atoms with van der Waals surface area (Å²) in [5.74, 6) is -0.831. The first-order valence-corrected chi connectivity index (χ1v) is 6.27. The zero-order valence-corrected chi connectivity index (χ0v) is 11.4. The van der Waals surface area contributed by atoms with Crippen LogP contribution >= 0.6 is 11.3 Å². The Morgan fingerprint density at radius 2 is 1.81 bits per heavy atom. The topological polar surface area (TPSA) is 37.3 Å². The second-order valence-corrected chi connectivity index (χ2v) is 7.17. The lowest BCUT2D eigenvalue weighted by molar-refractivity contribution is 0.0702. The summed E-state index contributed by atoms with van der Waals surface area (Å²) in [6.07, 6.45) is 1.04. The van der Waals surface area contributed by atoms with E-state index in [-0.39, 0.29) is 10.8 Å². The Balaban J connectivity index is 2.94. The summed E-state index contributed by atoms with van der Waals surface area (Å²) < 4.78 is 0. The zero-order valence-electron chi connectivity index (χ0n) is 10.6. The molecule has 0 aliphatic rings. The average molecular weight is 240 g/mol. The van der Waals surface area contributed by atoms with Gasteiger partial charge in [0.15, 0.2) is 0 Å². The second-order valence-electron chi connectivity index (χ2n) is 6.09. The SMILES string of the molecule is CC(C)(C)CC(C)(C)c1ccc(C(=O)O)s1. The molecule has 1 aromatic heterocycles. The minimum Gasteiger partial charge on any atom is -0.477 e. The van der Waals surface area contributed by atoms with E-state index in [2.05, 4.69) is 34.6 Å². The van der Waals surface area contributed by atoms with Crippen LogP contribution in [0.4, 0.5) is 0 Å². The third kappa shape index (κ3) is 3.34. The van der Waals surface area contributed by atoms with Gasteiger partial charge >= 0.3 is 5.97 Å². The minimum absolute atomic E-state index is 0.0383. The van der Waals surface area contributed by atoms with E-state index in [1.165, 1.54) is 11.3 Å². The molecule has 0 fully saturated rings. The molecule has 0 radical (unpaired) electrons. The number of carboxylic acid groups (broad SMARTS) is 1. The van der Waals surface area contributed by atoms with Crippen molar-refractivity contribution in [1.82, 2.24) is 0 Å². The molecule has 0 aliphatic carbocycles. The summed E-state index contributed by atoms with van der Waals surface area (Å²) in [5.41, 5.74) is 0.285. The lowest BCUT2D eigenvalue weighted by Gasteiger charge is -2.31. The summed E-state index contributed by atoms with van der Waals surface area (Å²) in [4.78, 5) is 12.4. The van der Waals surface area contributed by atoms with Crippen molar-refractivity contribution in [2.75, 3.05) is 0 Å². The normalized spacial score (nSPS) is 12.8. The first-order valence-electron chi connectivity index (χ1n) is 5.45. The van der Waals surface area contributed by atoms with Gasteiger partial charge in [0.25, 0.3) is 0 Å². The van der Waals surface area contributed by atoms with Gasteiger partial charge in [0.2, 0.25) is 0 Å². The van der Waals surface area contributed by atoms with E-state index in [1.54, 1.807) is 6.07 Å². The zero-order chi connectivity index (χ0) is 12.6. The number of thiophene rings is 1. The van der Waals surface area contributed by atoms with Gasteiger partial charge in [-0.2, -0.15) is 0 Å². The maximum Gasteiger partial charge on any atom is 0.345 e. The first-order chi connectivity index (χ1) is 7.12. The standard InChI is InChI=1S/C13H20O2S/c1-12(2,3)8-13(4,5)10-7-6-9(16-10)11(14)15/h6-7H,8H2,1-5H3,(H,14,15). The molecular formula is C13H20O2S. The van der Waals surface area contributed by atoms with E-state index in [0.717, 1.165) is 11.3 Å². The first kappa shape index (κ1) is 13.2. The van der Waals surface area contributed by atoms with Gasteiger partial charge in [-0.15, -0.1) is 11.3 Å². The second kappa shape index (κ2) is 4.21. The fourth-order valence-corrected chi connectivity index (χ4v) is 3.17. The van der Waals surface area contributed by atoms with Crippen LogP contribution in [0, 0.1) is 5.41 Å². The van der Waals surface area contributed by atoms with E-state index in [9.17, 15) is 4.79 Å². The predicted octanol–water partition coefficient (Wildman–Crippen LogP) is 4.16. The van der Waals surface area contributed by atoms with E-state index < -0.39 is 5.97 Å².